The van der Waals surface area contributed by atoms with Crippen molar-refractivity contribution in [3.63, 3.8) is 0 Å². The molecule has 50 heavy (non-hydrogen) atoms. The van der Waals surface area contributed by atoms with Gasteiger partial charge in [0.1, 0.15) is 5.82 Å². The van der Waals surface area contributed by atoms with E-state index in [0.717, 1.165) is 22.6 Å². The molecule has 2 atom stereocenters. The Hall–Kier alpha value is -6.45. The molecule has 1 aliphatic heterocycles. The molecule has 10 rings (SSSR count). The molecule has 2 unspecified atom stereocenters. The molecule has 3 heteroatoms. The van der Waals surface area contributed by atoms with E-state index in [0.29, 0.717) is 0 Å². The highest BCUT2D eigenvalue weighted by molar-refractivity contribution is 6.10. The molecule has 0 N–H and O–H groups in total. The Bertz CT molecular complexity index is 2540. The van der Waals surface area contributed by atoms with Crippen LogP contribution in [0.5, 0.6) is 0 Å². The second-order valence-electron chi connectivity index (χ2n) is 13.1. The van der Waals surface area contributed by atoms with E-state index < -0.39 is 0 Å². The fourth-order valence-electron chi connectivity index (χ4n) is 8.10. The minimum Gasteiger partial charge on any atom is -0.318 e. The Balaban J connectivity index is 1.18. The summed E-state index contributed by atoms with van der Waals surface area (Å²) in [4.78, 5) is 7.84. The Morgan fingerprint density at radius 3 is 2.00 bits per heavy atom. The summed E-state index contributed by atoms with van der Waals surface area (Å²) in [7, 11) is 0. The zero-order valence-corrected chi connectivity index (χ0v) is 27.4. The molecule has 0 bridgehead atoms. The molecule has 2 aromatic heterocycles. The van der Waals surface area contributed by atoms with Crippen molar-refractivity contribution in [2.24, 2.45) is 0 Å². The lowest BCUT2D eigenvalue weighted by atomic mass is 9.86. The summed E-state index contributed by atoms with van der Waals surface area (Å²) >= 11 is 0. The number of aromatic nitrogens is 2. The molecule has 0 saturated carbocycles. The van der Waals surface area contributed by atoms with Crippen molar-refractivity contribution in [3.8, 4) is 39.2 Å². The topological polar surface area (TPSA) is 21.1 Å². The lowest BCUT2D eigenvalue weighted by molar-refractivity contribution is 0.739. The van der Waals surface area contributed by atoms with Crippen LogP contribution in [0.15, 0.2) is 188 Å². The van der Waals surface area contributed by atoms with Crippen molar-refractivity contribution in [3.05, 3.63) is 194 Å². The summed E-state index contributed by atoms with van der Waals surface area (Å²) in [6.07, 6.45) is 9.09. The maximum atomic E-state index is 5.38. The number of anilines is 2. The van der Waals surface area contributed by atoms with Gasteiger partial charge in [0, 0.05) is 33.6 Å². The van der Waals surface area contributed by atoms with Crippen molar-refractivity contribution in [1.29, 1.82) is 0 Å². The van der Waals surface area contributed by atoms with E-state index in [1.807, 2.05) is 0 Å². The molecule has 3 heterocycles. The molecular weight excluding hydrogens is 607 g/mol. The lowest BCUT2D eigenvalue weighted by Gasteiger charge is -2.28. The van der Waals surface area contributed by atoms with Crippen molar-refractivity contribution in [2.45, 2.75) is 12.0 Å². The monoisotopic (exact) mass is 639 g/mol. The minimum atomic E-state index is 0.109. The van der Waals surface area contributed by atoms with Gasteiger partial charge in [0.25, 0.3) is 0 Å². The van der Waals surface area contributed by atoms with Gasteiger partial charge in [0.2, 0.25) is 0 Å². The van der Waals surface area contributed by atoms with Crippen LogP contribution < -0.4 is 4.90 Å². The van der Waals surface area contributed by atoms with E-state index in [1.54, 1.807) is 0 Å². The number of rotatable bonds is 5. The molecule has 0 amide bonds. The zero-order valence-electron chi connectivity index (χ0n) is 27.4. The highest BCUT2D eigenvalue weighted by Crippen LogP contribution is 2.52. The van der Waals surface area contributed by atoms with Gasteiger partial charge in [-0.2, -0.15) is 0 Å². The standard InChI is InChI=1S/C47H33N3/c1-4-15-32(16-5-1)35-29-41(33-17-6-2-7-18-33)48-46(31-35)50-43-25-13-11-22-40(43)47-37(23-14-26-44(47)50)34-27-28-39-38-21-10-12-24-42(38)49(45(39)30-34)36-19-8-3-9-20-36/h1-31,40,43H. The van der Waals surface area contributed by atoms with E-state index in [1.165, 1.54) is 55.4 Å². The van der Waals surface area contributed by atoms with Gasteiger partial charge in [-0.25, -0.2) is 4.98 Å². The Morgan fingerprint density at radius 1 is 0.480 bits per heavy atom. The van der Waals surface area contributed by atoms with E-state index in [2.05, 4.69) is 198 Å². The van der Waals surface area contributed by atoms with Crippen LogP contribution in [0.3, 0.4) is 0 Å². The molecular formula is C47H33N3. The van der Waals surface area contributed by atoms with Crippen LogP contribution in [-0.2, 0) is 0 Å². The van der Waals surface area contributed by atoms with Gasteiger partial charge in [0.15, 0.2) is 0 Å². The molecule has 6 aromatic carbocycles. The van der Waals surface area contributed by atoms with Crippen LogP contribution in [0.1, 0.15) is 11.5 Å². The fraction of sp³-hybridized carbons (Fsp3) is 0.0426. The molecule has 0 spiro atoms. The number of hydrogen-bond donors (Lipinski definition) is 0. The van der Waals surface area contributed by atoms with Crippen molar-refractivity contribution in [2.75, 3.05) is 4.90 Å². The molecule has 1 aliphatic carbocycles. The predicted octanol–water partition coefficient (Wildman–Crippen LogP) is 11.9. The summed E-state index contributed by atoms with van der Waals surface area (Å²) in [5.41, 5.74) is 13.0. The number of benzene rings is 6. The zero-order chi connectivity index (χ0) is 33.0. The van der Waals surface area contributed by atoms with Crippen LogP contribution in [0.2, 0.25) is 0 Å². The van der Waals surface area contributed by atoms with Crippen LogP contribution in [0.4, 0.5) is 11.5 Å². The number of nitrogens with zero attached hydrogens (tertiary/aromatic N) is 3. The first kappa shape index (κ1) is 28.6. The predicted molar refractivity (Wildman–Crippen MR) is 208 cm³/mol. The van der Waals surface area contributed by atoms with Gasteiger partial charge < -0.3 is 9.47 Å². The summed E-state index contributed by atoms with van der Waals surface area (Å²) in [5, 5.41) is 2.53. The van der Waals surface area contributed by atoms with Crippen LogP contribution in [-0.4, -0.2) is 15.6 Å². The van der Waals surface area contributed by atoms with Gasteiger partial charge in [-0.15, -0.1) is 0 Å². The van der Waals surface area contributed by atoms with Crippen molar-refractivity contribution >= 4 is 33.3 Å². The summed E-state index contributed by atoms with van der Waals surface area (Å²) in [5.74, 6) is 1.14. The number of hydrogen-bond acceptors (Lipinski definition) is 2. The second kappa shape index (κ2) is 11.6. The van der Waals surface area contributed by atoms with Crippen LogP contribution >= 0.6 is 0 Å². The normalized spacial score (nSPS) is 16.2. The molecule has 236 valence electrons. The van der Waals surface area contributed by atoms with E-state index >= 15 is 0 Å². The van der Waals surface area contributed by atoms with Gasteiger partial charge in [-0.1, -0.05) is 146 Å². The quantitative estimate of drug-likeness (QED) is 0.187. The maximum absolute atomic E-state index is 5.38. The summed E-state index contributed by atoms with van der Waals surface area (Å²) < 4.78 is 2.40. The molecule has 0 radical (unpaired) electrons. The average molecular weight is 640 g/mol. The third-order valence-electron chi connectivity index (χ3n) is 10.3. The van der Waals surface area contributed by atoms with Gasteiger partial charge in [0.05, 0.1) is 22.8 Å². The number of pyridine rings is 1. The van der Waals surface area contributed by atoms with Crippen LogP contribution in [0.25, 0.3) is 61.0 Å². The third-order valence-corrected chi connectivity index (χ3v) is 10.3. The smallest absolute Gasteiger partial charge is 0.134 e. The van der Waals surface area contributed by atoms with E-state index in [-0.39, 0.29) is 12.0 Å². The first-order chi connectivity index (χ1) is 24.8. The molecule has 2 aliphatic rings. The average Bonchev–Trinajstić information content (AvgIpc) is 3.71. The molecule has 0 fully saturated rings. The maximum Gasteiger partial charge on any atom is 0.134 e. The number of allylic oxidation sites excluding steroid dienone is 2. The van der Waals surface area contributed by atoms with E-state index in [4.69, 9.17) is 4.98 Å². The number of fused-ring (bicyclic) bond motifs is 6. The highest BCUT2D eigenvalue weighted by atomic mass is 15.2. The highest BCUT2D eigenvalue weighted by Gasteiger charge is 2.40. The Labute approximate surface area is 291 Å². The fourth-order valence-corrected chi connectivity index (χ4v) is 8.10. The summed E-state index contributed by atoms with van der Waals surface area (Å²) in [6.45, 7) is 0. The Kier molecular flexibility index (Phi) is 6.63. The first-order valence-electron chi connectivity index (χ1n) is 17.3. The number of para-hydroxylation sites is 2. The second-order valence-corrected chi connectivity index (χ2v) is 13.1. The first-order valence-corrected chi connectivity index (χ1v) is 17.3. The van der Waals surface area contributed by atoms with E-state index in [9.17, 15) is 0 Å². The lowest BCUT2D eigenvalue weighted by Crippen LogP contribution is -2.29. The van der Waals surface area contributed by atoms with Gasteiger partial charge >= 0.3 is 0 Å². The van der Waals surface area contributed by atoms with Gasteiger partial charge in [-0.05, 0) is 70.3 Å². The van der Waals surface area contributed by atoms with Gasteiger partial charge in [-0.3, -0.25) is 0 Å². The Morgan fingerprint density at radius 2 is 1.18 bits per heavy atom. The largest absolute Gasteiger partial charge is 0.318 e. The summed E-state index contributed by atoms with van der Waals surface area (Å²) in [6, 6.07) is 59.0. The SMILES string of the molecule is C1=CC2c3c(-c4ccc5c6ccccc6n(-c6ccccc6)c5c4)cccc3N(c3cc(-c4ccccc4)cc(-c4ccccc4)n3)C2C=C1. The minimum absolute atomic E-state index is 0.109. The molecule has 8 aromatic rings. The third kappa shape index (κ3) is 4.55. The van der Waals surface area contributed by atoms with Crippen molar-refractivity contribution < 1.29 is 0 Å². The van der Waals surface area contributed by atoms with Crippen molar-refractivity contribution in [1.82, 2.24) is 9.55 Å². The molecule has 0 saturated heterocycles. The molecule has 3 nitrogen and oxygen atoms in total. The van der Waals surface area contributed by atoms with Crippen LogP contribution in [0, 0.1) is 0 Å².